The van der Waals surface area contributed by atoms with Gasteiger partial charge in [0.15, 0.2) is 0 Å². The van der Waals surface area contributed by atoms with Gasteiger partial charge < -0.3 is 10.0 Å². The number of anilines is 1. The number of carbonyl (C=O) groups excluding carboxylic acids is 1. The minimum Gasteiger partial charge on any atom is -0.480 e. The summed E-state index contributed by atoms with van der Waals surface area (Å²) in [6, 6.07) is 1.54. The van der Waals surface area contributed by atoms with Crippen molar-refractivity contribution in [2.45, 2.75) is 18.9 Å². The molecule has 1 aliphatic rings. The Hall–Kier alpha value is -1.53. The van der Waals surface area contributed by atoms with Gasteiger partial charge in [-0.3, -0.25) is 0 Å². The van der Waals surface area contributed by atoms with Crippen LogP contribution >= 0.6 is 23.4 Å². The Morgan fingerprint density at radius 3 is 2.89 bits per heavy atom. The number of aliphatic carboxylic acids is 1. The molecule has 0 bridgehead atoms. The first-order valence-electron chi connectivity index (χ1n) is 5.61. The van der Waals surface area contributed by atoms with Crippen LogP contribution in [0.1, 0.15) is 12.8 Å². The van der Waals surface area contributed by atoms with Crippen molar-refractivity contribution in [3.63, 3.8) is 0 Å². The van der Waals surface area contributed by atoms with E-state index < -0.39 is 18.0 Å². The molecule has 0 spiro atoms. The molecule has 6 nitrogen and oxygen atoms in total. The van der Waals surface area contributed by atoms with E-state index in [1.54, 1.807) is 0 Å². The fraction of sp³-hybridized carbons (Fsp3) is 0.364. The zero-order valence-corrected chi connectivity index (χ0v) is 11.3. The molecule has 102 valence electrons. The topological polar surface area (TPSA) is 73.7 Å². The van der Waals surface area contributed by atoms with Crippen molar-refractivity contribution in [2.75, 3.05) is 11.0 Å². The van der Waals surface area contributed by atoms with E-state index in [-0.39, 0.29) is 5.15 Å². The predicted molar refractivity (Wildman–Crippen MR) is 70.3 cm³/mol. The predicted octanol–water partition coefficient (Wildman–Crippen LogP) is 2.36. The summed E-state index contributed by atoms with van der Waals surface area (Å²) >= 11 is 11.7. The summed E-state index contributed by atoms with van der Waals surface area (Å²) in [5.41, 5.74) is 0.350. The molecule has 2 rings (SSSR count). The fourth-order valence-electron chi connectivity index (χ4n) is 1.99. The van der Waals surface area contributed by atoms with Crippen molar-refractivity contribution in [3.8, 4) is 0 Å². The molecule has 1 N–H and O–H groups in total. The van der Waals surface area contributed by atoms with Crippen LogP contribution in [-0.2, 0) is 4.79 Å². The lowest BCUT2D eigenvalue weighted by atomic mass is 10.2. The maximum absolute atomic E-state index is 12.2. The molecule has 0 saturated carbocycles. The number of amides is 2. The van der Waals surface area contributed by atoms with E-state index in [4.69, 9.17) is 28.5 Å². The number of urea groups is 1. The molecule has 2 heterocycles. The number of hydrogen-bond acceptors (Lipinski definition) is 3. The number of likely N-dealkylation sites (tertiary alicyclic amines) is 1. The summed E-state index contributed by atoms with van der Waals surface area (Å²) in [4.78, 5) is 28.2. The van der Waals surface area contributed by atoms with Crippen LogP contribution in [0.2, 0.25) is 5.15 Å². The number of pyridine rings is 1. The molecule has 0 radical (unpaired) electrons. The number of halogens is 2. The van der Waals surface area contributed by atoms with Crippen LogP contribution in [0.5, 0.6) is 0 Å². The van der Waals surface area contributed by atoms with Crippen molar-refractivity contribution >= 4 is 41.1 Å². The van der Waals surface area contributed by atoms with Crippen molar-refractivity contribution < 1.29 is 14.7 Å². The minimum atomic E-state index is -1.02. The number of aromatic nitrogens is 1. The Morgan fingerprint density at radius 1 is 1.53 bits per heavy atom. The summed E-state index contributed by atoms with van der Waals surface area (Å²) in [5, 5.41) is 9.24. The van der Waals surface area contributed by atoms with Gasteiger partial charge in [-0.2, -0.15) is 0 Å². The van der Waals surface area contributed by atoms with Crippen LogP contribution in [0.25, 0.3) is 0 Å². The molecule has 1 saturated heterocycles. The minimum absolute atomic E-state index is 0.201. The van der Waals surface area contributed by atoms with Crippen LogP contribution in [0.15, 0.2) is 18.3 Å². The third kappa shape index (κ3) is 2.90. The van der Waals surface area contributed by atoms with Crippen LogP contribution in [0.4, 0.5) is 10.5 Å². The first-order chi connectivity index (χ1) is 9.00. The van der Waals surface area contributed by atoms with Gasteiger partial charge >= 0.3 is 12.0 Å². The number of carboxylic acids is 1. The van der Waals surface area contributed by atoms with Gasteiger partial charge in [0.2, 0.25) is 0 Å². The lowest BCUT2D eigenvalue weighted by molar-refractivity contribution is -0.141. The number of carboxylic acid groups (broad SMARTS) is 1. The van der Waals surface area contributed by atoms with Gasteiger partial charge in [-0.25, -0.2) is 19.0 Å². The average Bonchev–Trinajstić information content (AvgIpc) is 2.86. The third-order valence-electron chi connectivity index (χ3n) is 2.89. The molecule has 1 aliphatic heterocycles. The Labute approximate surface area is 119 Å². The standard InChI is InChI=1S/C11H11Cl2N3O3/c12-9-6-7(3-4-14-9)16(13)11(19)15-5-1-2-8(15)10(17)18/h3-4,6,8H,1-2,5H2,(H,17,18). The van der Waals surface area contributed by atoms with Gasteiger partial charge in [0.05, 0.1) is 5.69 Å². The van der Waals surface area contributed by atoms with E-state index in [0.29, 0.717) is 25.1 Å². The second kappa shape index (κ2) is 5.63. The van der Waals surface area contributed by atoms with Crippen molar-refractivity contribution in [3.05, 3.63) is 23.5 Å². The summed E-state index contributed by atoms with van der Waals surface area (Å²) in [6.45, 7) is 0.373. The molecule has 19 heavy (non-hydrogen) atoms. The molecule has 1 unspecified atom stereocenters. The van der Waals surface area contributed by atoms with Gasteiger partial charge in [-0.05, 0) is 18.9 Å². The van der Waals surface area contributed by atoms with Crippen molar-refractivity contribution in [1.29, 1.82) is 0 Å². The normalized spacial score (nSPS) is 18.4. The molecule has 0 aromatic carbocycles. The van der Waals surface area contributed by atoms with E-state index in [0.717, 1.165) is 4.42 Å². The zero-order chi connectivity index (χ0) is 14.0. The SMILES string of the molecule is O=C(O)C1CCCN1C(=O)N(Cl)c1ccnc(Cl)c1. The third-order valence-corrected chi connectivity index (χ3v) is 3.43. The van der Waals surface area contributed by atoms with Gasteiger partial charge in [0, 0.05) is 30.6 Å². The van der Waals surface area contributed by atoms with Crippen LogP contribution in [0.3, 0.4) is 0 Å². The Morgan fingerprint density at radius 2 is 2.26 bits per heavy atom. The van der Waals surface area contributed by atoms with Gasteiger partial charge in [-0.15, -0.1) is 0 Å². The Kier molecular flexibility index (Phi) is 4.11. The molecule has 1 aromatic rings. The van der Waals surface area contributed by atoms with Crippen molar-refractivity contribution in [1.82, 2.24) is 9.88 Å². The summed E-state index contributed by atoms with van der Waals surface area (Å²) in [7, 11) is 0. The lowest BCUT2D eigenvalue weighted by Gasteiger charge is -2.25. The summed E-state index contributed by atoms with van der Waals surface area (Å²) < 4.78 is 0.856. The maximum atomic E-state index is 12.2. The molecule has 1 aromatic heterocycles. The highest BCUT2D eigenvalue weighted by molar-refractivity contribution is 6.37. The fourth-order valence-corrected chi connectivity index (χ4v) is 2.36. The first-order valence-corrected chi connectivity index (χ1v) is 6.33. The number of nitrogens with zero attached hydrogens (tertiary/aromatic N) is 3. The lowest BCUT2D eigenvalue weighted by Crippen LogP contribution is -2.45. The average molecular weight is 304 g/mol. The molecule has 1 atom stereocenters. The first kappa shape index (κ1) is 13.9. The van der Waals surface area contributed by atoms with E-state index in [1.807, 2.05) is 0 Å². The maximum Gasteiger partial charge on any atom is 0.340 e. The molecule has 0 aliphatic carbocycles. The molecular weight excluding hydrogens is 293 g/mol. The molecule has 1 fully saturated rings. The quantitative estimate of drug-likeness (QED) is 0.672. The van der Waals surface area contributed by atoms with E-state index in [2.05, 4.69) is 4.98 Å². The number of carbonyl (C=O) groups is 2. The van der Waals surface area contributed by atoms with Crippen LogP contribution < -0.4 is 4.42 Å². The second-order valence-electron chi connectivity index (χ2n) is 4.09. The van der Waals surface area contributed by atoms with Gasteiger partial charge in [0.1, 0.15) is 11.2 Å². The summed E-state index contributed by atoms with van der Waals surface area (Å²) in [5.74, 6) is -1.02. The Bertz CT molecular complexity index is 512. The monoisotopic (exact) mass is 303 g/mol. The van der Waals surface area contributed by atoms with E-state index in [1.165, 1.54) is 23.2 Å². The Balaban J connectivity index is 2.17. The highest BCUT2D eigenvalue weighted by atomic mass is 35.5. The smallest absolute Gasteiger partial charge is 0.340 e. The summed E-state index contributed by atoms with van der Waals surface area (Å²) in [6.07, 6.45) is 2.49. The zero-order valence-electron chi connectivity index (χ0n) is 9.79. The van der Waals surface area contributed by atoms with E-state index in [9.17, 15) is 9.59 Å². The van der Waals surface area contributed by atoms with Gasteiger partial charge in [0.25, 0.3) is 0 Å². The van der Waals surface area contributed by atoms with Crippen LogP contribution in [-0.4, -0.2) is 39.6 Å². The highest BCUT2D eigenvalue weighted by Crippen LogP contribution is 2.25. The molecule has 8 heteroatoms. The number of hydrogen-bond donors (Lipinski definition) is 1. The van der Waals surface area contributed by atoms with Crippen LogP contribution in [0, 0.1) is 0 Å². The molecular formula is C11H11Cl2N3O3. The molecule has 2 amide bonds. The second-order valence-corrected chi connectivity index (χ2v) is 4.82. The van der Waals surface area contributed by atoms with Crippen molar-refractivity contribution in [2.24, 2.45) is 0 Å². The highest BCUT2D eigenvalue weighted by Gasteiger charge is 2.36. The largest absolute Gasteiger partial charge is 0.480 e. The van der Waals surface area contributed by atoms with E-state index >= 15 is 0 Å². The van der Waals surface area contributed by atoms with Gasteiger partial charge in [-0.1, -0.05) is 11.6 Å². The number of rotatable bonds is 2.